The molecule has 0 bridgehead atoms. The summed E-state index contributed by atoms with van der Waals surface area (Å²) in [5, 5.41) is 0. The Labute approximate surface area is 147 Å². The standard InChI is InChI=1S/C18H20N4O2S/c1-3-14-4-7-16(21-12-14)13-22-11-10-20-18(22)15-5-8-17(9-6-15)25(23,24)19-2/h4-12,19H,3,13H2,1-2H3. The number of imidazole rings is 1. The van der Waals surface area contributed by atoms with Crippen molar-refractivity contribution in [3.8, 4) is 11.4 Å². The summed E-state index contributed by atoms with van der Waals surface area (Å²) in [6, 6.07) is 10.8. The molecule has 3 aromatic rings. The van der Waals surface area contributed by atoms with Gasteiger partial charge in [-0.2, -0.15) is 0 Å². The van der Waals surface area contributed by atoms with Crippen LogP contribution in [0.2, 0.25) is 0 Å². The molecule has 1 aromatic carbocycles. The van der Waals surface area contributed by atoms with E-state index >= 15 is 0 Å². The van der Waals surface area contributed by atoms with Gasteiger partial charge in [-0.05, 0) is 49.4 Å². The van der Waals surface area contributed by atoms with Crippen molar-refractivity contribution in [2.75, 3.05) is 7.05 Å². The van der Waals surface area contributed by atoms with E-state index in [1.807, 2.05) is 23.0 Å². The SMILES string of the molecule is CCc1ccc(Cn2ccnc2-c2ccc(S(=O)(=O)NC)cc2)nc1. The number of nitrogens with one attached hydrogen (secondary N) is 1. The van der Waals surface area contributed by atoms with E-state index in [2.05, 4.69) is 27.7 Å². The lowest BCUT2D eigenvalue weighted by molar-refractivity contribution is 0.588. The summed E-state index contributed by atoms with van der Waals surface area (Å²) in [6.45, 7) is 2.71. The normalized spacial score (nSPS) is 11.6. The summed E-state index contributed by atoms with van der Waals surface area (Å²) in [6.07, 6.45) is 6.48. The van der Waals surface area contributed by atoms with Gasteiger partial charge in [0.25, 0.3) is 0 Å². The Hall–Kier alpha value is -2.51. The molecule has 0 unspecified atom stereocenters. The summed E-state index contributed by atoms with van der Waals surface area (Å²) in [5.41, 5.74) is 3.01. The molecule has 0 amide bonds. The first-order valence-electron chi connectivity index (χ1n) is 8.02. The van der Waals surface area contributed by atoms with Gasteiger partial charge in [0.05, 0.1) is 17.1 Å². The molecule has 0 aliphatic heterocycles. The number of sulfonamides is 1. The zero-order valence-corrected chi connectivity index (χ0v) is 15.0. The van der Waals surface area contributed by atoms with E-state index in [0.29, 0.717) is 6.54 Å². The van der Waals surface area contributed by atoms with E-state index in [4.69, 9.17) is 0 Å². The number of pyridine rings is 1. The van der Waals surface area contributed by atoms with Crippen LogP contribution in [0.3, 0.4) is 0 Å². The van der Waals surface area contributed by atoms with Crippen molar-refractivity contribution in [2.24, 2.45) is 0 Å². The monoisotopic (exact) mass is 356 g/mol. The number of aryl methyl sites for hydroxylation is 1. The van der Waals surface area contributed by atoms with Crippen LogP contribution in [-0.4, -0.2) is 30.0 Å². The van der Waals surface area contributed by atoms with Crippen LogP contribution in [-0.2, 0) is 23.0 Å². The molecule has 0 saturated heterocycles. The largest absolute Gasteiger partial charge is 0.325 e. The van der Waals surface area contributed by atoms with Crippen molar-refractivity contribution in [2.45, 2.75) is 24.8 Å². The van der Waals surface area contributed by atoms with E-state index in [-0.39, 0.29) is 4.90 Å². The molecule has 25 heavy (non-hydrogen) atoms. The second kappa shape index (κ2) is 7.16. The minimum Gasteiger partial charge on any atom is -0.325 e. The molecule has 0 spiro atoms. The summed E-state index contributed by atoms with van der Waals surface area (Å²) in [4.78, 5) is 9.11. The molecule has 0 radical (unpaired) electrons. The van der Waals surface area contributed by atoms with Crippen molar-refractivity contribution in [1.82, 2.24) is 19.3 Å². The number of rotatable bonds is 6. The van der Waals surface area contributed by atoms with Gasteiger partial charge < -0.3 is 4.57 Å². The molecular weight excluding hydrogens is 336 g/mol. The Morgan fingerprint density at radius 2 is 1.84 bits per heavy atom. The predicted molar refractivity (Wildman–Crippen MR) is 96.6 cm³/mol. The highest BCUT2D eigenvalue weighted by molar-refractivity contribution is 7.89. The van der Waals surface area contributed by atoms with Crippen molar-refractivity contribution in [3.63, 3.8) is 0 Å². The quantitative estimate of drug-likeness (QED) is 0.736. The number of nitrogens with zero attached hydrogens (tertiary/aromatic N) is 3. The zero-order chi connectivity index (χ0) is 17.9. The summed E-state index contributed by atoms with van der Waals surface area (Å²) in [7, 11) is -2.04. The van der Waals surface area contributed by atoms with Gasteiger partial charge in [-0.1, -0.05) is 13.0 Å². The molecule has 0 atom stereocenters. The first kappa shape index (κ1) is 17.3. The molecule has 3 rings (SSSR count). The van der Waals surface area contributed by atoms with Gasteiger partial charge in [-0.3, -0.25) is 4.98 Å². The topological polar surface area (TPSA) is 76.9 Å². The number of hydrogen-bond acceptors (Lipinski definition) is 4. The molecule has 0 aliphatic carbocycles. The highest BCUT2D eigenvalue weighted by Crippen LogP contribution is 2.20. The lowest BCUT2D eigenvalue weighted by atomic mass is 10.2. The van der Waals surface area contributed by atoms with Gasteiger partial charge in [-0.25, -0.2) is 18.1 Å². The lowest BCUT2D eigenvalue weighted by Gasteiger charge is -2.09. The van der Waals surface area contributed by atoms with Crippen molar-refractivity contribution in [3.05, 3.63) is 66.2 Å². The van der Waals surface area contributed by atoms with Gasteiger partial charge in [-0.15, -0.1) is 0 Å². The second-order valence-electron chi connectivity index (χ2n) is 5.62. The fraction of sp³-hybridized carbons (Fsp3) is 0.222. The Bertz CT molecular complexity index is 946. The van der Waals surface area contributed by atoms with Crippen molar-refractivity contribution >= 4 is 10.0 Å². The van der Waals surface area contributed by atoms with Crippen LogP contribution in [0, 0.1) is 0 Å². The van der Waals surface area contributed by atoms with Gasteiger partial charge in [0.15, 0.2) is 0 Å². The van der Waals surface area contributed by atoms with E-state index in [9.17, 15) is 8.42 Å². The fourth-order valence-electron chi connectivity index (χ4n) is 2.53. The zero-order valence-electron chi connectivity index (χ0n) is 14.2. The number of aromatic nitrogens is 3. The van der Waals surface area contributed by atoms with Gasteiger partial charge in [0.1, 0.15) is 5.82 Å². The summed E-state index contributed by atoms with van der Waals surface area (Å²) >= 11 is 0. The maximum Gasteiger partial charge on any atom is 0.240 e. The minimum atomic E-state index is -3.44. The van der Waals surface area contributed by atoms with E-state index in [1.165, 1.54) is 12.6 Å². The van der Waals surface area contributed by atoms with Crippen molar-refractivity contribution < 1.29 is 8.42 Å². The molecule has 2 aromatic heterocycles. The molecule has 0 aliphatic rings. The number of benzene rings is 1. The number of hydrogen-bond donors (Lipinski definition) is 1. The van der Waals surface area contributed by atoms with Crippen LogP contribution in [0.4, 0.5) is 0 Å². The molecule has 7 heteroatoms. The molecule has 6 nitrogen and oxygen atoms in total. The van der Waals surface area contributed by atoms with Gasteiger partial charge in [0, 0.05) is 24.2 Å². The average molecular weight is 356 g/mol. The first-order valence-corrected chi connectivity index (χ1v) is 9.50. The van der Waals surface area contributed by atoms with E-state index in [1.54, 1.807) is 30.5 Å². The maximum atomic E-state index is 11.8. The second-order valence-corrected chi connectivity index (χ2v) is 7.51. The van der Waals surface area contributed by atoms with Crippen molar-refractivity contribution in [1.29, 1.82) is 0 Å². The van der Waals surface area contributed by atoms with Crippen LogP contribution in [0.15, 0.2) is 59.9 Å². The van der Waals surface area contributed by atoms with Gasteiger partial charge in [0.2, 0.25) is 10.0 Å². The third-order valence-electron chi connectivity index (χ3n) is 4.03. The summed E-state index contributed by atoms with van der Waals surface area (Å²) in [5.74, 6) is 0.773. The summed E-state index contributed by atoms with van der Waals surface area (Å²) < 4.78 is 27.9. The molecule has 1 N–H and O–H groups in total. The Balaban J connectivity index is 1.86. The Morgan fingerprint density at radius 3 is 2.44 bits per heavy atom. The van der Waals surface area contributed by atoms with Crippen LogP contribution in [0.1, 0.15) is 18.2 Å². The average Bonchev–Trinajstić information content (AvgIpc) is 3.10. The molecule has 0 saturated carbocycles. The van der Waals surface area contributed by atoms with Crippen LogP contribution in [0.5, 0.6) is 0 Å². The van der Waals surface area contributed by atoms with Gasteiger partial charge >= 0.3 is 0 Å². The third kappa shape index (κ3) is 3.78. The van der Waals surface area contributed by atoms with E-state index in [0.717, 1.165) is 23.5 Å². The maximum absolute atomic E-state index is 11.8. The lowest BCUT2D eigenvalue weighted by Crippen LogP contribution is -2.18. The Kier molecular flexibility index (Phi) is 4.96. The van der Waals surface area contributed by atoms with Crippen LogP contribution < -0.4 is 4.72 Å². The first-order chi connectivity index (χ1) is 12.0. The highest BCUT2D eigenvalue weighted by atomic mass is 32.2. The third-order valence-corrected chi connectivity index (χ3v) is 5.46. The minimum absolute atomic E-state index is 0.230. The molecular formula is C18H20N4O2S. The smallest absolute Gasteiger partial charge is 0.240 e. The van der Waals surface area contributed by atoms with E-state index < -0.39 is 10.0 Å². The van der Waals surface area contributed by atoms with Crippen LogP contribution >= 0.6 is 0 Å². The molecule has 130 valence electrons. The Morgan fingerprint density at radius 1 is 1.08 bits per heavy atom. The molecule has 0 fully saturated rings. The fourth-order valence-corrected chi connectivity index (χ4v) is 3.26. The van der Waals surface area contributed by atoms with Crippen LogP contribution in [0.25, 0.3) is 11.4 Å². The molecule has 2 heterocycles. The highest BCUT2D eigenvalue weighted by Gasteiger charge is 2.12. The predicted octanol–water partition coefficient (Wildman–Crippen LogP) is 2.46.